The molecule has 104 valence electrons. The van der Waals surface area contributed by atoms with E-state index in [1.807, 2.05) is 31.3 Å². The molecule has 0 aliphatic heterocycles. The Hall–Kier alpha value is -1.10. The molecule has 3 rings (SSSR count). The van der Waals surface area contributed by atoms with E-state index in [-0.39, 0.29) is 5.38 Å². The smallest absolute Gasteiger partial charge is 0.128 e. The maximum Gasteiger partial charge on any atom is 0.128 e. The van der Waals surface area contributed by atoms with Crippen LogP contribution in [-0.4, -0.2) is 14.5 Å². The topological polar surface area (TPSA) is 30.7 Å². The van der Waals surface area contributed by atoms with Crippen LogP contribution in [0.3, 0.4) is 0 Å². The summed E-state index contributed by atoms with van der Waals surface area (Å²) in [5.41, 5.74) is 1.90. The van der Waals surface area contributed by atoms with Gasteiger partial charge < -0.3 is 4.57 Å². The zero-order chi connectivity index (χ0) is 14.3. The fraction of sp³-hybridized carbons (Fsp3) is 0.286. The zero-order valence-electron chi connectivity index (χ0n) is 11.1. The third-order valence-electron chi connectivity index (χ3n) is 3.06. The molecule has 0 radical (unpaired) electrons. The van der Waals surface area contributed by atoms with Crippen molar-refractivity contribution in [1.82, 2.24) is 14.5 Å². The molecule has 0 aliphatic carbocycles. The Bertz CT molecular complexity index is 761. The first-order valence-electron chi connectivity index (χ1n) is 6.25. The van der Waals surface area contributed by atoms with Gasteiger partial charge in [0.15, 0.2) is 0 Å². The van der Waals surface area contributed by atoms with Crippen LogP contribution in [0.5, 0.6) is 0 Å². The van der Waals surface area contributed by atoms with E-state index in [0.717, 1.165) is 21.9 Å². The van der Waals surface area contributed by atoms with Crippen LogP contribution in [-0.2, 0) is 6.54 Å². The van der Waals surface area contributed by atoms with E-state index in [1.165, 1.54) is 4.88 Å². The first kappa shape index (κ1) is 13.9. The van der Waals surface area contributed by atoms with Gasteiger partial charge in [0.05, 0.1) is 23.0 Å². The molecule has 1 aromatic carbocycles. The van der Waals surface area contributed by atoms with Crippen LogP contribution in [0.1, 0.15) is 28.0 Å². The van der Waals surface area contributed by atoms with Crippen molar-refractivity contribution >= 4 is 45.6 Å². The Labute approximate surface area is 131 Å². The van der Waals surface area contributed by atoms with E-state index >= 15 is 0 Å². The van der Waals surface area contributed by atoms with Crippen molar-refractivity contribution in [1.29, 1.82) is 0 Å². The fourth-order valence-electron chi connectivity index (χ4n) is 2.20. The number of halogens is 2. The zero-order valence-corrected chi connectivity index (χ0v) is 13.4. The Morgan fingerprint density at radius 2 is 2.20 bits per heavy atom. The van der Waals surface area contributed by atoms with Crippen molar-refractivity contribution < 1.29 is 0 Å². The predicted molar refractivity (Wildman–Crippen MR) is 85.0 cm³/mol. The third kappa shape index (κ3) is 2.55. The van der Waals surface area contributed by atoms with Gasteiger partial charge >= 0.3 is 0 Å². The highest BCUT2D eigenvalue weighted by Crippen LogP contribution is 2.28. The van der Waals surface area contributed by atoms with E-state index in [0.29, 0.717) is 11.6 Å². The molecule has 3 nitrogen and oxygen atoms in total. The second-order valence-corrected chi connectivity index (χ2v) is 7.08. The first-order valence-corrected chi connectivity index (χ1v) is 7.89. The van der Waals surface area contributed by atoms with E-state index in [9.17, 15) is 0 Å². The number of aryl methyl sites for hydroxylation is 1. The molecule has 2 heterocycles. The number of thiazole rings is 1. The van der Waals surface area contributed by atoms with Gasteiger partial charge in [0, 0.05) is 16.1 Å². The van der Waals surface area contributed by atoms with Crippen molar-refractivity contribution in [3.8, 4) is 0 Å². The van der Waals surface area contributed by atoms with Gasteiger partial charge in [0.1, 0.15) is 10.8 Å². The average Bonchev–Trinajstić information content (AvgIpc) is 2.94. The molecule has 3 aromatic rings. The highest BCUT2D eigenvalue weighted by atomic mass is 35.5. The monoisotopic (exact) mass is 325 g/mol. The van der Waals surface area contributed by atoms with Crippen LogP contribution in [0.15, 0.2) is 24.4 Å². The molecule has 0 N–H and O–H groups in total. The molecule has 1 unspecified atom stereocenters. The van der Waals surface area contributed by atoms with Crippen molar-refractivity contribution in [3.05, 3.63) is 45.1 Å². The maximum atomic E-state index is 6.26. The lowest BCUT2D eigenvalue weighted by molar-refractivity contribution is 0.738. The summed E-state index contributed by atoms with van der Waals surface area (Å²) >= 11 is 14.0. The summed E-state index contributed by atoms with van der Waals surface area (Å²) < 4.78 is 2.11. The molecule has 6 heteroatoms. The minimum atomic E-state index is -0.165. The van der Waals surface area contributed by atoms with Crippen LogP contribution >= 0.6 is 34.5 Å². The molecule has 0 saturated carbocycles. The van der Waals surface area contributed by atoms with Crippen LogP contribution in [0.2, 0.25) is 5.02 Å². The van der Waals surface area contributed by atoms with Gasteiger partial charge in [-0.3, -0.25) is 0 Å². The number of benzene rings is 1. The average molecular weight is 326 g/mol. The van der Waals surface area contributed by atoms with Crippen molar-refractivity contribution in [2.45, 2.75) is 25.8 Å². The van der Waals surface area contributed by atoms with Gasteiger partial charge in [-0.1, -0.05) is 11.6 Å². The minimum Gasteiger partial charge on any atom is -0.320 e. The summed E-state index contributed by atoms with van der Waals surface area (Å²) in [5.74, 6) is 0.844. The molecule has 0 amide bonds. The van der Waals surface area contributed by atoms with Gasteiger partial charge in [0.2, 0.25) is 0 Å². The molecule has 0 spiro atoms. The lowest BCUT2D eigenvalue weighted by atomic mass is 10.3. The Morgan fingerprint density at radius 1 is 1.40 bits per heavy atom. The van der Waals surface area contributed by atoms with Crippen LogP contribution < -0.4 is 0 Å². The molecular weight excluding hydrogens is 313 g/mol. The second-order valence-electron chi connectivity index (χ2n) is 4.67. The minimum absolute atomic E-state index is 0.165. The van der Waals surface area contributed by atoms with Gasteiger partial charge in [-0.05, 0) is 32.0 Å². The number of imidazole rings is 1. The molecule has 0 aliphatic rings. The van der Waals surface area contributed by atoms with Gasteiger partial charge in [-0.2, -0.15) is 0 Å². The highest BCUT2D eigenvalue weighted by molar-refractivity contribution is 7.11. The summed E-state index contributed by atoms with van der Waals surface area (Å²) in [7, 11) is 0. The number of hydrogen-bond acceptors (Lipinski definition) is 3. The first-order chi connectivity index (χ1) is 9.54. The second kappa shape index (κ2) is 5.35. The van der Waals surface area contributed by atoms with E-state index in [4.69, 9.17) is 23.2 Å². The molecule has 2 aromatic heterocycles. The normalized spacial score (nSPS) is 13.0. The van der Waals surface area contributed by atoms with Gasteiger partial charge in [-0.25, -0.2) is 9.97 Å². The maximum absolute atomic E-state index is 6.26. The summed E-state index contributed by atoms with van der Waals surface area (Å²) in [4.78, 5) is 10.2. The molecule has 0 bridgehead atoms. The number of alkyl halides is 1. The Balaban J connectivity index is 2.13. The van der Waals surface area contributed by atoms with Crippen molar-refractivity contribution in [2.75, 3.05) is 0 Å². The summed E-state index contributed by atoms with van der Waals surface area (Å²) in [6.45, 7) is 4.66. The van der Waals surface area contributed by atoms with Crippen LogP contribution in [0, 0.1) is 6.92 Å². The molecule has 0 fully saturated rings. The Kier molecular flexibility index (Phi) is 3.71. The van der Waals surface area contributed by atoms with Crippen molar-refractivity contribution in [3.63, 3.8) is 0 Å². The third-order valence-corrected chi connectivity index (χ3v) is 4.39. The highest BCUT2D eigenvalue weighted by Gasteiger charge is 2.16. The van der Waals surface area contributed by atoms with Crippen LogP contribution in [0.4, 0.5) is 0 Å². The summed E-state index contributed by atoms with van der Waals surface area (Å²) in [6, 6.07) is 5.72. The number of hydrogen-bond donors (Lipinski definition) is 0. The summed E-state index contributed by atoms with van der Waals surface area (Å²) in [5, 5.41) is 1.57. The van der Waals surface area contributed by atoms with E-state index in [1.54, 1.807) is 11.3 Å². The lowest BCUT2D eigenvalue weighted by Gasteiger charge is -2.08. The quantitative estimate of drug-likeness (QED) is 0.647. The lowest BCUT2D eigenvalue weighted by Crippen LogP contribution is -2.05. The number of nitrogens with zero attached hydrogens (tertiary/aromatic N) is 3. The fourth-order valence-corrected chi connectivity index (χ4v) is 3.31. The number of rotatable bonds is 3. The largest absolute Gasteiger partial charge is 0.320 e. The number of fused-ring (bicyclic) bond motifs is 1. The van der Waals surface area contributed by atoms with Crippen LogP contribution in [0.25, 0.3) is 11.0 Å². The van der Waals surface area contributed by atoms with Crippen molar-refractivity contribution in [2.24, 2.45) is 0 Å². The Morgan fingerprint density at radius 3 is 2.85 bits per heavy atom. The SMILES string of the molecule is Cc1cnc(Cn2c(C(C)Cl)nc3cc(Cl)ccc32)s1. The number of aromatic nitrogens is 3. The standard InChI is InChI=1S/C14H13Cl2N3S/c1-8-6-17-13(20-8)7-19-12-4-3-10(16)5-11(12)18-14(19)9(2)15/h3-6,9H,7H2,1-2H3. The summed E-state index contributed by atoms with van der Waals surface area (Å²) in [6.07, 6.45) is 1.89. The van der Waals surface area contributed by atoms with E-state index < -0.39 is 0 Å². The predicted octanol–water partition coefficient (Wildman–Crippen LogP) is 4.80. The molecule has 0 saturated heterocycles. The molecule has 1 atom stereocenters. The van der Waals surface area contributed by atoms with Gasteiger partial charge in [-0.15, -0.1) is 22.9 Å². The van der Waals surface area contributed by atoms with Gasteiger partial charge in [0.25, 0.3) is 0 Å². The molecular formula is C14H13Cl2N3S. The van der Waals surface area contributed by atoms with E-state index in [2.05, 4.69) is 21.5 Å². The molecule has 20 heavy (non-hydrogen) atoms.